The number of halogens is 2. The normalized spacial score (nSPS) is 13.0. The molecule has 7 nitrogen and oxygen atoms in total. The van der Waals surface area contributed by atoms with E-state index in [4.69, 9.17) is 37.6 Å². The van der Waals surface area contributed by atoms with E-state index in [9.17, 15) is 4.79 Å². The number of nitrogens with zero attached hydrogens (tertiary/aromatic N) is 3. The number of aryl methyl sites for hydroxylation is 1. The lowest BCUT2D eigenvalue weighted by Gasteiger charge is -2.21. The molecule has 0 radical (unpaired) electrons. The average Bonchev–Trinajstić information content (AvgIpc) is 3.63. The van der Waals surface area contributed by atoms with Gasteiger partial charge in [0.15, 0.2) is 0 Å². The molecule has 37 heavy (non-hydrogen) atoms. The van der Waals surface area contributed by atoms with E-state index in [1.807, 2.05) is 38.2 Å². The Hall–Kier alpha value is -3.55. The number of aromatic carboxylic acids is 1. The Bertz CT molecular complexity index is 1430. The van der Waals surface area contributed by atoms with Crippen molar-refractivity contribution in [3.8, 4) is 17.1 Å². The maximum Gasteiger partial charge on any atom is 0.335 e. The van der Waals surface area contributed by atoms with Gasteiger partial charge in [-0.3, -0.25) is 0 Å². The zero-order valence-electron chi connectivity index (χ0n) is 20.4. The van der Waals surface area contributed by atoms with Gasteiger partial charge < -0.3 is 19.3 Å². The van der Waals surface area contributed by atoms with E-state index in [-0.39, 0.29) is 12.2 Å². The van der Waals surface area contributed by atoms with E-state index >= 15 is 0 Å². The van der Waals surface area contributed by atoms with Crippen molar-refractivity contribution in [3.63, 3.8) is 0 Å². The minimum Gasteiger partial charge on any atom is -0.478 e. The number of carbonyl (C=O) groups is 1. The molecular weight excluding hydrogens is 513 g/mol. The van der Waals surface area contributed by atoms with Gasteiger partial charge in [-0.05, 0) is 55.7 Å². The molecule has 2 heterocycles. The van der Waals surface area contributed by atoms with E-state index in [0.29, 0.717) is 39.6 Å². The molecule has 1 N–H and O–H groups in total. The van der Waals surface area contributed by atoms with Crippen LogP contribution in [0.1, 0.15) is 51.7 Å². The zero-order valence-corrected chi connectivity index (χ0v) is 21.9. The van der Waals surface area contributed by atoms with E-state index < -0.39 is 5.97 Å². The van der Waals surface area contributed by atoms with Crippen molar-refractivity contribution in [1.29, 1.82) is 0 Å². The molecule has 1 aliphatic rings. The summed E-state index contributed by atoms with van der Waals surface area (Å²) in [5, 5.41) is 14.4. The largest absolute Gasteiger partial charge is 0.478 e. The second-order valence-electron chi connectivity index (χ2n) is 9.15. The first-order valence-corrected chi connectivity index (χ1v) is 12.6. The van der Waals surface area contributed by atoms with Crippen molar-refractivity contribution in [2.24, 2.45) is 0 Å². The second-order valence-corrected chi connectivity index (χ2v) is 9.96. The summed E-state index contributed by atoms with van der Waals surface area (Å²) in [6.45, 7) is 2.76. The number of carboxylic acid groups (broad SMARTS) is 1. The topological polar surface area (TPSA) is 88.7 Å². The van der Waals surface area contributed by atoms with Crippen LogP contribution in [0.15, 0.2) is 59.1 Å². The lowest BCUT2D eigenvalue weighted by Crippen LogP contribution is -2.18. The molecule has 5 rings (SSSR count). The van der Waals surface area contributed by atoms with Crippen LogP contribution < -0.4 is 9.64 Å². The number of hydrogen-bond donors (Lipinski definition) is 1. The summed E-state index contributed by atoms with van der Waals surface area (Å²) >= 11 is 12.9. The maximum absolute atomic E-state index is 11.1. The minimum absolute atomic E-state index is 0.226. The van der Waals surface area contributed by atoms with Crippen LogP contribution in [-0.2, 0) is 13.2 Å². The van der Waals surface area contributed by atoms with Crippen molar-refractivity contribution in [2.45, 2.75) is 38.8 Å². The third kappa shape index (κ3) is 5.43. The van der Waals surface area contributed by atoms with E-state index in [1.165, 1.54) is 0 Å². The number of benzene rings is 2. The Kier molecular flexibility index (Phi) is 7.09. The Morgan fingerprint density at radius 3 is 2.43 bits per heavy atom. The quantitative estimate of drug-likeness (QED) is 0.242. The van der Waals surface area contributed by atoms with Gasteiger partial charge in [0.1, 0.15) is 18.1 Å². The average molecular weight is 538 g/mol. The van der Waals surface area contributed by atoms with Gasteiger partial charge in [0, 0.05) is 31.1 Å². The molecule has 0 aliphatic heterocycles. The number of pyridine rings is 1. The molecule has 0 atom stereocenters. The van der Waals surface area contributed by atoms with Gasteiger partial charge in [0.25, 0.3) is 0 Å². The first-order chi connectivity index (χ1) is 17.8. The van der Waals surface area contributed by atoms with Gasteiger partial charge in [0.05, 0.1) is 32.6 Å². The molecule has 0 bridgehead atoms. The van der Waals surface area contributed by atoms with Crippen LogP contribution in [0, 0.1) is 6.92 Å². The minimum atomic E-state index is -0.937. The van der Waals surface area contributed by atoms with Gasteiger partial charge in [0.2, 0.25) is 5.88 Å². The predicted octanol–water partition coefficient (Wildman–Crippen LogP) is 7.14. The summed E-state index contributed by atoms with van der Waals surface area (Å²) in [5.74, 6) is 0.692. The number of aromatic nitrogens is 2. The van der Waals surface area contributed by atoms with Crippen LogP contribution in [-0.4, -0.2) is 28.3 Å². The molecule has 2 aromatic carbocycles. The SMILES string of the molecule is Cc1nc(OCc2c(-c3c(Cl)cccc3Cl)noc2C2CC2)ccc1N(C)Cc1ccc(C(=O)O)cc1. The molecule has 0 saturated heterocycles. The Morgan fingerprint density at radius 1 is 1.11 bits per heavy atom. The summed E-state index contributed by atoms with van der Waals surface area (Å²) in [6.07, 6.45) is 2.10. The second kappa shape index (κ2) is 10.4. The predicted molar refractivity (Wildman–Crippen MR) is 143 cm³/mol. The molecule has 1 aliphatic carbocycles. The van der Waals surface area contributed by atoms with E-state index in [1.54, 1.807) is 30.3 Å². The molecular formula is C28H25Cl2N3O4. The molecule has 0 unspecified atom stereocenters. The number of ether oxygens (including phenoxy) is 1. The van der Waals surface area contributed by atoms with Crippen LogP contribution in [0.3, 0.4) is 0 Å². The molecule has 9 heteroatoms. The van der Waals surface area contributed by atoms with Gasteiger partial charge in [-0.2, -0.15) is 0 Å². The molecule has 1 fully saturated rings. The van der Waals surface area contributed by atoms with Crippen molar-refractivity contribution < 1.29 is 19.2 Å². The zero-order chi connectivity index (χ0) is 26.1. The van der Waals surface area contributed by atoms with Gasteiger partial charge in [-0.1, -0.05) is 46.6 Å². The van der Waals surface area contributed by atoms with Crippen molar-refractivity contribution in [2.75, 3.05) is 11.9 Å². The number of anilines is 1. The maximum atomic E-state index is 11.1. The first kappa shape index (κ1) is 25.1. The molecule has 0 spiro atoms. The Balaban J connectivity index is 1.32. The molecule has 190 valence electrons. The highest BCUT2D eigenvalue weighted by molar-refractivity contribution is 6.39. The summed E-state index contributed by atoms with van der Waals surface area (Å²) in [7, 11) is 1.97. The smallest absolute Gasteiger partial charge is 0.335 e. The van der Waals surface area contributed by atoms with E-state index in [0.717, 1.165) is 41.1 Å². The monoisotopic (exact) mass is 537 g/mol. The summed E-state index contributed by atoms with van der Waals surface area (Å²) in [4.78, 5) is 17.8. The summed E-state index contributed by atoms with van der Waals surface area (Å²) < 4.78 is 11.8. The van der Waals surface area contributed by atoms with Crippen LogP contribution in [0.4, 0.5) is 5.69 Å². The molecule has 1 saturated carbocycles. The Morgan fingerprint density at radius 2 is 1.81 bits per heavy atom. The number of rotatable bonds is 9. The van der Waals surface area contributed by atoms with Gasteiger partial charge in [-0.15, -0.1) is 0 Å². The molecule has 0 amide bonds. The fourth-order valence-electron chi connectivity index (χ4n) is 4.32. The van der Waals surface area contributed by atoms with Crippen molar-refractivity contribution in [3.05, 3.63) is 92.8 Å². The van der Waals surface area contributed by atoms with Crippen LogP contribution in [0.25, 0.3) is 11.3 Å². The van der Waals surface area contributed by atoms with Crippen LogP contribution >= 0.6 is 23.2 Å². The third-order valence-corrected chi connectivity index (χ3v) is 7.02. The highest BCUT2D eigenvalue weighted by atomic mass is 35.5. The highest BCUT2D eigenvalue weighted by Gasteiger charge is 2.33. The lowest BCUT2D eigenvalue weighted by molar-refractivity contribution is 0.0697. The lowest BCUT2D eigenvalue weighted by atomic mass is 10.0. The summed E-state index contributed by atoms with van der Waals surface area (Å²) in [6, 6.07) is 16.0. The van der Waals surface area contributed by atoms with Gasteiger partial charge in [-0.25, -0.2) is 9.78 Å². The van der Waals surface area contributed by atoms with Crippen molar-refractivity contribution >= 4 is 34.9 Å². The number of hydrogen-bond acceptors (Lipinski definition) is 6. The molecule has 2 aromatic heterocycles. The first-order valence-electron chi connectivity index (χ1n) is 11.9. The fraction of sp³-hybridized carbons (Fsp3) is 0.250. The Labute approximate surface area is 224 Å². The summed E-state index contributed by atoms with van der Waals surface area (Å²) in [5.41, 5.74) is 5.09. The highest BCUT2D eigenvalue weighted by Crippen LogP contribution is 2.46. The van der Waals surface area contributed by atoms with Crippen LogP contribution in [0.2, 0.25) is 10.0 Å². The fourth-order valence-corrected chi connectivity index (χ4v) is 4.90. The van der Waals surface area contributed by atoms with Gasteiger partial charge >= 0.3 is 5.97 Å². The van der Waals surface area contributed by atoms with E-state index in [2.05, 4.69) is 15.0 Å². The molecule has 4 aromatic rings. The van der Waals surface area contributed by atoms with Crippen LogP contribution in [0.5, 0.6) is 5.88 Å². The number of carboxylic acids is 1. The standard InChI is InChI=1S/C28H25Cl2N3O4/c1-16-23(33(2)14-17-6-8-19(9-7-17)28(34)35)12-13-24(31-16)36-15-20-26(32-37-27(20)18-10-11-18)25-21(29)4-3-5-22(25)30/h3-9,12-13,18H,10-11,14-15H2,1-2H3,(H,34,35). The third-order valence-electron chi connectivity index (χ3n) is 6.39. The van der Waals surface area contributed by atoms with Crippen molar-refractivity contribution in [1.82, 2.24) is 10.1 Å².